The molecular formula is C16H18N2O3S2. The van der Waals surface area contributed by atoms with Crippen molar-refractivity contribution in [2.24, 2.45) is 0 Å². The molecule has 2 aromatic rings. The largest absolute Gasteiger partial charge is 0.311 e. The molecule has 0 bridgehead atoms. The number of anilines is 1. The minimum absolute atomic E-state index is 0.205. The maximum Gasteiger partial charge on any atom is 0.268 e. The summed E-state index contributed by atoms with van der Waals surface area (Å²) in [5, 5.41) is 1.56. The fourth-order valence-corrected chi connectivity index (χ4v) is 5.33. The summed E-state index contributed by atoms with van der Waals surface area (Å²) in [5.41, 5.74) is 0.773. The molecule has 0 spiro atoms. The molecule has 1 aliphatic rings. The van der Waals surface area contributed by atoms with E-state index in [1.165, 1.54) is 26.6 Å². The van der Waals surface area contributed by atoms with E-state index in [0.29, 0.717) is 18.0 Å². The topological polar surface area (TPSA) is 57.7 Å². The minimum atomic E-state index is -3.47. The second-order valence-electron chi connectivity index (χ2n) is 5.46. The van der Waals surface area contributed by atoms with Gasteiger partial charge in [-0.05, 0) is 31.0 Å². The van der Waals surface area contributed by atoms with Crippen molar-refractivity contribution >= 4 is 33.0 Å². The number of amides is 1. The van der Waals surface area contributed by atoms with E-state index in [4.69, 9.17) is 0 Å². The Morgan fingerprint density at radius 1 is 1.17 bits per heavy atom. The van der Waals surface area contributed by atoms with Crippen molar-refractivity contribution in [3.05, 3.63) is 46.7 Å². The molecule has 23 heavy (non-hydrogen) atoms. The van der Waals surface area contributed by atoms with Gasteiger partial charge in [0.25, 0.3) is 5.91 Å². The lowest BCUT2D eigenvalue weighted by Gasteiger charge is -2.16. The third-order valence-corrected chi connectivity index (χ3v) is 6.88. The average Bonchev–Trinajstić information content (AvgIpc) is 3.26. The van der Waals surface area contributed by atoms with Crippen molar-refractivity contribution in [3.8, 4) is 0 Å². The molecule has 0 atom stereocenters. The fourth-order valence-electron chi connectivity index (χ4n) is 2.58. The van der Waals surface area contributed by atoms with E-state index >= 15 is 0 Å². The number of carbonyl (C=O) groups excluding carboxylic acids is 1. The van der Waals surface area contributed by atoms with Gasteiger partial charge in [-0.1, -0.05) is 18.2 Å². The average molecular weight is 350 g/mol. The van der Waals surface area contributed by atoms with Gasteiger partial charge in [0, 0.05) is 31.2 Å². The number of para-hydroxylation sites is 1. The lowest BCUT2D eigenvalue weighted by molar-refractivity contribution is 0.0996. The van der Waals surface area contributed by atoms with Crippen molar-refractivity contribution in [2.75, 3.05) is 25.0 Å². The van der Waals surface area contributed by atoms with Crippen LogP contribution in [0, 0.1) is 0 Å². The van der Waals surface area contributed by atoms with Crippen LogP contribution in [0.5, 0.6) is 0 Å². The molecule has 2 heterocycles. The predicted octanol–water partition coefficient (Wildman–Crippen LogP) is 2.81. The zero-order valence-electron chi connectivity index (χ0n) is 12.8. The lowest BCUT2D eigenvalue weighted by atomic mass is 10.3. The highest BCUT2D eigenvalue weighted by Crippen LogP contribution is 2.27. The van der Waals surface area contributed by atoms with Crippen LogP contribution in [0.4, 0.5) is 5.69 Å². The monoisotopic (exact) mass is 350 g/mol. The van der Waals surface area contributed by atoms with Crippen LogP contribution in [-0.4, -0.2) is 38.8 Å². The summed E-state index contributed by atoms with van der Waals surface area (Å²) in [6, 6.07) is 10.8. The van der Waals surface area contributed by atoms with Gasteiger partial charge in [-0.25, -0.2) is 8.42 Å². The van der Waals surface area contributed by atoms with Gasteiger partial charge in [-0.2, -0.15) is 4.31 Å². The molecular weight excluding hydrogens is 332 g/mol. The smallest absolute Gasteiger partial charge is 0.268 e. The Kier molecular flexibility index (Phi) is 4.52. The molecule has 122 valence electrons. The Hall–Kier alpha value is -1.70. The van der Waals surface area contributed by atoms with E-state index in [-0.39, 0.29) is 10.8 Å². The van der Waals surface area contributed by atoms with Crippen LogP contribution >= 0.6 is 11.3 Å². The molecule has 0 aliphatic carbocycles. The Morgan fingerprint density at radius 2 is 1.83 bits per heavy atom. The third-order valence-electron chi connectivity index (χ3n) is 3.94. The predicted molar refractivity (Wildman–Crippen MR) is 91.5 cm³/mol. The molecule has 0 N–H and O–H groups in total. The molecule has 1 aromatic carbocycles. The van der Waals surface area contributed by atoms with Crippen LogP contribution in [0.2, 0.25) is 0 Å². The van der Waals surface area contributed by atoms with E-state index in [9.17, 15) is 13.2 Å². The molecule has 3 rings (SSSR count). The molecule has 5 nitrogen and oxygen atoms in total. The third kappa shape index (κ3) is 3.17. The molecule has 1 amide bonds. The lowest BCUT2D eigenvalue weighted by Crippen LogP contribution is -2.28. The van der Waals surface area contributed by atoms with Crippen LogP contribution in [0.25, 0.3) is 0 Å². The Bertz CT molecular complexity index is 794. The van der Waals surface area contributed by atoms with Gasteiger partial charge in [-0.15, -0.1) is 11.3 Å². The first kappa shape index (κ1) is 16.2. The number of hydrogen-bond acceptors (Lipinski definition) is 4. The van der Waals surface area contributed by atoms with E-state index in [0.717, 1.165) is 18.5 Å². The standard InChI is InChI=1S/C16H18N2O3S2/c1-17(13-7-3-2-4-8-13)16(19)15-11-14(12-22-15)23(20,21)18-9-5-6-10-18/h2-4,7-8,11-12H,5-6,9-10H2,1H3. The summed E-state index contributed by atoms with van der Waals surface area (Å²) in [7, 11) is -1.78. The number of benzene rings is 1. The number of thiophene rings is 1. The van der Waals surface area contributed by atoms with E-state index < -0.39 is 10.0 Å². The summed E-state index contributed by atoms with van der Waals surface area (Å²) in [6.45, 7) is 1.12. The SMILES string of the molecule is CN(C(=O)c1cc(S(=O)(=O)N2CCCC2)cs1)c1ccccc1. The van der Waals surface area contributed by atoms with E-state index in [1.807, 2.05) is 30.3 Å². The van der Waals surface area contributed by atoms with Crippen LogP contribution in [0.1, 0.15) is 22.5 Å². The maximum atomic E-state index is 12.5. The number of rotatable bonds is 4. The van der Waals surface area contributed by atoms with Gasteiger partial charge in [-0.3, -0.25) is 4.79 Å². The minimum Gasteiger partial charge on any atom is -0.311 e. The molecule has 7 heteroatoms. The number of nitrogens with zero attached hydrogens (tertiary/aromatic N) is 2. The van der Waals surface area contributed by atoms with Crippen molar-refractivity contribution in [2.45, 2.75) is 17.7 Å². The van der Waals surface area contributed by atoms with Gasteiger partial charge in [0.15, 0.2) is 0 Å². The quantitative estimate of drug-likeness (QED) is 0.852. The van der Waals surface area contributed by atoms with Gasteiger partial charge >= 0.3 is 0 Å². The zero-order valence-corrected chi connectivity index (χ0v) is 14.4. The Balaban J connectivity index is 1.83. The highest BCUT2D eigenvalue weighted by molar-refractivity contribution is 7.89. The molecule has 1 aromatic heterocycles. The summed E-state index contributed by atoms with van der Waals surface area (Å²) < 4.78 is 26.5. The van der Waals surface area contributed by atoms with Crippen molar-refractivity contribution in [3.63, 3.8) is 0 Å². The van der Waals surface area contributed by atoms with Crippen LogP contribution in [-0.2, 0) is 10.0 Å². The van der Waals surface area contributed by atoms with Crippen LogP contribution < -0.4 is 4.90 Å². The molecule has 0 saturated carbocycles. The maximum absolute atomic E-state index is 12.5. The highest BCUT2D eigenvalue weighted by atomic mass is 32.2. The fraction of sp³-hybridized carbons (Fsp3) is 0.312. The van der Waals surface area contributed by atoms with Gasteiger partial charge < -0.3 is 4.90 Å². The molecule has 0 unspecified atom stereocenters. The first-order valence-corrected chi connectivity index (χ1v) is 9.74. The summed E-state index contributed by atoms with van der Waals surface area (Å²) in [4.78, 5) is 14.7. The second kappa shape index (κ2) is 6.43. The Labute approximate surface area is 140 Å². The normalized spacial score (nSPS) is 15.7. The van der Waals surface area contributed by atoms with Gasteiger partial charge in [0.2, 0.25) is 10.0 Å². The molecule has 1 aliphatic heterocycles. The Morgan fingerprint density at radius 3 is 2.48 bits per heavy atom. The van der Waals surface area contributed by atoms with Crippen LogP contribution in [0.15, 0.2) is 46.7 Å². The summed E-state index contributed by atoms with van der Waals surface area (Å²) in [5.74, 6) is -0.205. The van der Waals surface area contributed by atoms with E-state index in [1.54, 1.807) is 12.4 Å². The van der Waals surface area contributed by atoms with Crippen molar-refractivity contribution in [1.82, 2.24) is 4.31 Å². The van der Waals surface area contributed by atoms with Gasteiger partial charge in [0.05, 0.1) is 9.77 Å². The van der Waals surface area contributed by atoms with E-state index in [2.05, 4.69) is 0 Å². The van der Waals surface area contributed by atoms with Gasteiger partial charge in [0.1, 0.15) is 0 Å². The first-order chi connectivity index (χ1) is 11.0. The summed E-state index contributed by atoms with van der Waals surface area (Å²) in [6.07, 6.45) is 1.79. The summed E-state index contributed by atoms with van der Waals surface area (Å²) >= 11 is 1.17. The molecule has 1 fully saturated rings. The molecule has 1 saturated heterocycles. The second-order valence-corrected chi connectivity index (χ2v) is 8.31. The van der Waals surface area contributed by atoms with Crippen molar-refractivity contribution in [1.29, 1.82) is 0 Å². The number of sulfonamides is 1. The zero-order chi connectivity index (χ0) is 16.4. The van der Waals surface area contributed by atoms with Crippen molar-refractivity contribution < 1.29 is 13.2 Å². The number of hydrogen-bond donors (Lipinski definition) is 0. The first-order valence-electron chi connectivity index (χ1n) is 7.42. The van der Waals surface area contributed by atoms with Crippen LogP contribution in [0.3, 0.4) is 0 Å². The molecule has 0 radical (unpaired) electrons. The number of carbonyl (C=O) groups is 1. The highest BCUT2D eigenvalue weighted by Gasteiger charge is 2.29.